The van der Waals surface area contributed by atoms with E-state index in [0.717, 1.165) is 45.1 Å². The van der Waals surface area contributed by atoms with Crippen molar-refractivity contribution < 1.29 is 9.59 Å². The number of nitrogens with one attached hydrogen (secondary N) is 3. The lowest BCUT2D eigenvalue weighted by Gasteiger charge is -2.35. The number of carbonyl (C=O) groups excluding carboxylic acids is 2. The molecule has 0 spiro atoms. The van der Waals surface area contributed by atoms with Crippen LogP contribution in [0.15, 0.2) is 0 Å². The molecule has 3 aliphatic heterocycles. The smallest absolute Gasteiger partial charge is 0.317 e. The van der Waals surface area contributed by atoms with Crippen molar-refractivity contribution in [2.75, 3.05) is 13.1 Å². The van der Waals surface area contributed by atoms with Crippen LogP contribution in [-0.4, -0.2) is 54.1 Å². The van der Waals surface area contributed by atoms with E-state index < -0.39 is 0 Å². The summed E-state index contributed by atoms with van der Waals surface area (Å²) in [6.07, 6.45) is 11.1. The maximum Gasteiger partial charge on any atom is 0.317 e. The van der Waals surface area contributed by atoms with Crippen molar-refractivity contribution >= 4 is 11.9 Å². The summed E-state index contributed by atoms with van der Waals surface area (Å²) in [5.41, 5.74) is 0. The van der Waals surface area contributed by atoms with Gasteiger partial charge in [-0.05, 0) is 51.4 Å². The van der Waals surface area contributed by atoms with Gasteiger partial charge in [-0.2, -0.15) is 0 Å². The standard InChI is InChI=1S/C19H32N4O2/c24-18(21-17-10-15-7-8-16(11-17)20-15)13-4-3-9-23(12-13)19(25)22-14-5-1-2-6-14/h13-17,20H,1-12H2,(H,21,24)(H,22,25). The van der Waals surface area contributed by atoms with Gasteiger partial charge >= 0.3 is 6.03 Å². The second-order valence-electron chi connectivity index (χ2n) is 8.53. The van der Waals surface area contributed by atoms with Gasteiger partial charge in [0.1, 0.15) is 0 Å². The zero-order valence-corrected chi connectivity index (χ0v) is 15.1. The minimum atomic E-state index is -0.0457. The molecule has 3 N–H and O–H groups in total. The zero-order chi connectivity index (χ0) is 17.2. The summed E-state index contributed by atoms with van der Waals surface area (Å²) in [6.45, 7) is 1.35. The van der Waals surface area contributed by atoms with Gasteiger partial charge in [0, 0.05) is 37.3 Å². The van der Waals surface area contributed by atoms with Gasteiger partial charge in [0.2, 0.25) is 5.91 Å². The van der Waals surface area contributed by atoms with Crippen LogP contribution in [-0.2, 0) is 4.79 Å². The first kappa shape index (κ1) is 17.1. The second-order valence-corrected chi connectivity index (χ2v) is 8.53. The highest BCUT2D eigenvalue weighted by Crippen LogP contribution is 2.27. The molecule has 1 aliphatic carbocycles. The van der Waals surface area contributed by atoms with E-state index in [1.54, 1.807) is 0 Å². The fourth-order valence-corrected chi connectivity index (χ4v) is 5.21. The lowest BCUT2D eigenvalue weighted by molar-refractivity contribution is -0.127. The van der Waals surface area contributed by atoms with Crippen LogP contribution in [0.3, 0.4) is 0 Å². The maximum atomic E-state index is 12.7. The SMILES string of the molecule is O=C(NC1CC2CCC(C1)N2)C1CCCN(C(=O)NC2CCCC2)C1. The Balaban J connectivity index is 1.26. The van der Waals surface area contributed by atoms with Crippen molar-refractivity contribution in [3.8, 4) is 0 Å². The maximum absolute atomic E-state index is 12.7. The van der Waals surface area contributed by atoms with Gasteiger partial charge in [0.05, 0.1) is 5.92 Å². The lowest BCUT2D eigenvalue weighted by atomic mass is 9.95. The molecule has 140 valence electrons. The molecule has 3 heterocycles. The molecular weight excluding hydrogens is 316 g/mol. The van der Waals surface area contributed by atoms with Gasteiger partial charge in [-0.1, -0.05) is 12.8 Å². The summed E-state index contributed by atoms with van der Waals surface area (Å²) in [5.74, 6) is 0.111. The van der Waals surface area contributed by atoms with Crippen molar-refractivity contribution in [3.63, 3.8) is 0 Å². The van der Waals surface area contributed by atoms with Crippen LogP contribution in [0.1, 0.15) is 64.2 Å². The number of likely N-dealkylation sites (tertiary alicyclic amines) is 1. The van der Waals surface area contributed by atoms with E-state index in [-0.39, 0.29) is 17.9 Å². The molecule has 4 rings (SSSR count). The van der Waals surface area contributed by atoms with Crippen molar-refractivity contribution in [2.24, 2.45) is 5.92 Å². The number of rotatable bonds is 3. The molecule has 3 atom stereocenters. The van der Waals surface area contributed by atoms with Crippen LogP contribution in [0, 0.1) is 5.92 Å². The summed E-state index contributed by atoms with van der Waals surface area (Å²) in [7, 11) is 0. The molecule has 0 aromatic heterocycles. The molecule has 0 radical (unpaired) electrons. The van der Waals surface area contributed by atoms with Crippen LogP contribution in [0.4, 0.5) is 4.79 Å². The number of urea groups is 1. The first-order valence-corrected chi connectivity index (χ1v) is 10.3. The van der Waals surface area contributed by atoms with Gasteiger partial charge in [-0.25, -0.2) is 4.79 Å². The third-order valence-electron chi connectivity index (χ3n) is 6.58. The molecule has 1 saturated carbocycles. The summed E-state index contributed by atoms with van der Waals surface area (Å²) >= 11 is 0. The van der Waals surface area contributed by atoms with Gasteiger partial charge in [0.15, 0.2) is 0 Å². The third-order valence-corrected chi connectivity index (χ3v) is 6.58. The largest absolute Gasteiger partial charge is 0.353 e. The molecule has 2 bridgehead atoms. The van der Waals surface area contributed by atoms with Gasteiger partial charge in [0.25, 0.3) is 0 Å². The molecule has 6 nitrogen and oxygen atoms in total. The number of hydrogen-bond acceptors (Lipinski definition) is 3. The molecule has 3 amide bonds. The summed E-state index contributed by atoms with van der Waals surface area (Å²) in [5, 5.41) is 10.1. The quantitative estimate of drug-likeness (QED) is 0.727. The van der Waals surface area contributed by atoms with Crippen LogP contribution in [0.5, 0.6) is 0 Å². The minimum Gasteiger partial charge on any atom is -0.353 e. The second kappa shape index (κ2) is 7.52. The van der Waals surface area contributed by atoms with E-state index in [9.17, 15) is 9.59 Å². The lowest BCUT2D eigenvalue weighted by Crippen LogP contribution is -2.53. The molecule has 0 aromatic rings. The molecule has 3 unspecified atom stereocenters. The minimum absolute atomic E-state index is 0.0318. The number of carbonyl (C=O) groups is 2. The number of piperidine rings is 2. The number of amides is 3. The van der Waals surface area contributed by atoms with E-state index >= 15 is 0 Å². The van der Waals surface area contributed by atoms with Crippen molar-refractivity contribution in [1.29, 1.82) is 0 Å². The Bertz CT molecular complexity index is 494. The van der Waals surface area contributed by atoms with E-state index in [1.165, 1.54) is 25.7 Å². The fraction of sp³-hybridized carbons (Fsp3) is 0.895. The normalized spacial score (nSPS) is 35.6. The van der Waals surface area contributed by atoms with E-state index in [1.807, 2.05) is 4.90 Å². The molecule has 25 heavy (non-hydrogen) atoms. The zero-order valence-electron chi connectivity index (χ0n) is 15.1. The Hall–Kier alpha value is -1.30. The Morgan fingerprint density at radius 3 is 2.28 bits per heavy atom. The monoisotopic (exact) mass is 348 g/mol. The fourth-order valence-electron chi connectivity index (χ4n) is 5.21. The van der Waals surface area contributed by atoms with Gasteiger partial charge in [-0.15, -0.1) is 0 Å². The van der Waals surface area contributed by atoms with Crippen molar-refractivity contribution in [1.82, 2.24) is 20.9 Å². The van der Waals surface area contributed by atoms with E-state index in [4.69, 9.17) is 0 Å². The molecular formula is C19H32N4O2. The Morgan fingerprint density at radius 1 is 0.840 bits per heavy atom. The van der Waals surface area contributed by atoms with Crippen LogP contribution < -0.4 is 16.0 Å². The molecule has 0 aromatic carbocycles. The average molecular weight is 348 g/mol. The number of fused-ring (bicyclic) bond motifs is 2. The summed E-state index contributed by atoms with van der Waals surface area (Å²) in [4.78, 5) is 27.1. The molecule has 6 heteroatoms. The topological polar surface area (TPSA) is 73.5 Å². The molecule has 3 saturated heterocycles. The van der Waals surface area contributed by atoms with Gasteiger partial charge in [-0.3, -0.25) is 4.79 Å². The number of nitrogens with zero attached hydrogens (tertiary/aromatic N) is 1. The highest BCUT2D eigenvalue weighted by molar-refractivity contribution is 5.81. The highest BCUT2D eigenvalue weighted by Gasteiger charge is 2.36. The van der Waals surface area contributed by atoms with Crippen molar-refractivity contribution in [2.45, 2.75) is 88.4 Å². The number of hydrogen-bond donors (Lipinski definition) is 3. The Labute approximate surface area is 150 Å². The predicted molar refractivity (Wildman–Crippen MR) is 96.2 cm³/mol. The van der Waals surface area contributed by atoms with E-state index in [0.29, 0.717) is 30.7 Å². The Morgan fingerprint density at radius 2 is 1.56 bits per heavy atom. The van der Waals surface area contributed by atoms with Gasteiger partial charge < -0.3 is 20.9 Å². The first-order chi connectivity index (χ1) is 12.2. The van der Waals surface area contributed by atoms with Crippen LogP contribution >= 0.6 is 0 Å². The highest BCUT2D eigenvalue weighted by atomic mass is 16.2. The van der Waals surface area contributed by atoms with Crippen LogP contribution in [0.25, 0.3) is 0 Å². The molecule has 4 aliphatic rings. The average Bonchev–Trinajstić information content (AvgIpc) is 3.24. The first-order valence-electron chi connectivity index (χ1n) is 10.3. The third kappa shape index (κ3) is 4.10. The summed E-state index contributed by atoms with van der Waals surface area (Å²) in [6, 6.07) is 1.86. The van der Waals surface area contributed by atoms with E-state index in [2.05, 4.69) is 16.0 Å². The van der Waals surface area contributed by atoms with Crippen molar-refractivity contribution in [3.05, 3.63) is 0 Å². The van der Waals surface area contributed by atoms with Crippen LogP contribution in [0.2, 0.25) is 0 Å². The summed E-state index contributed by atoms with van der Waals surface area (Å²) < 4.78 is 0. The molecule has 4 fully saturated rings. The predicted octanol–water partition coefficient (Wildman–Crippen LogP) is 1.75. The Kier molecular flexibility index (Phi) is 5.15.